The van der Waals surface area contributed by atoms with Crippen LogP contribution in [-0.2, 0) is 4.79 Å². The quantitative estimate of drug-likeness (QED) is 0.917. The molecule has 0 aliphatic heterocycles. The lowest BCUT2D eigenvalue weighted by Gasteiger charge is -2.55. The zero-order valence-corrected chi connectivity index (χ0v) is 13.6. The molecule has 120 valence electrons. The lowest BCUT2D eigenvalue weighted by molar-refractivity contribution is -0.140. The second-order valence-electron chi connectivity index (χ2n) is 8.22. The summed E-state index contributed by atoms with van der Waals surface area (Å²) in [6.07, 6.45) is 11.4. The molecule has 4 heteroatoms. The Morgan fingerprint density at radius 2 is 1.78 bits per heavy atom. The number of rotatable bonds is 2. The highest BCUT2D eigenvalue weighted by Gasteiger charge is 2.54. The van der Waals surface area contributed by atoms with Crippen LogP contribution in [-0.4, -0.2) is 15.3 Å². The van der Waals surface area contributed by atoms with Gasteiger partial charge in [0.2, 0.25) is 5.91 Å². The van der Waals surface area contributed by atoms with Gasteiger partial charge < -0.3 is 9.72 Å². The van der Waals surface area contributed by atoms with Gasteiger partial charge in [-0.15, -0.1) is 0 Å². The average Bonchev–Trinajstić information content (AvgIpc) is 2.85. The van der Waals surface area contributed by atoms with Gasteiger partial charge in [-0.25, -0.2) is 4.98 Å². The molecule has 0 unspecified atom stereocenters. The monoisotopic (exact) mass is 309 g/mol. The minimum absolute atomic E-state index is 0.0887. The van der Waals surface area contributed by atoms with E-state index in [1.807, 2.05) is 35.9 Å². The van der Waals surface area contributed by atoms with Crippen molar-refractivity contribution in [1.82, 2.24) is 9.38 Å². The Bertz CT molecular complexity index is 756. The molecule has 2 aromatic rings. The summed E-state index contributed by atoms with van der Waals surface area (Å²) in [7, 11) is 0. The molecular weight excluding hydrogens is 286 g/mol. The zero-order valence-electron chi connectivity index (χ0n) is 13.6. The van der Waals surface area contributed by atoms with Crippen LogP contribution in [0.4, 0.5) is 5.69 Å². The van der Waals surface area contributed by atoms with Crippen LogP contribution in [0.2, 0.25) is 0 Å². The molecule has 0 saturated heterocycles. The molecule has 0 aromatic carbocycles. The SMILES string of the molecule is Cc1cn2cc(NC(=O)C34CC5CC(CC(C5)C3)C4)ccc2n1. The van der Waals surface area contributed by atoms with Crippen LogP contribution < -0.4 is 5.32 Å². The van der Waals surface area contributed by atoms with Gasteiger partial charge in [0.05, 0.1) is 16.8 Å². The van der Waals surface area contributed by atoms with Crippen LogP contribution in [0.5, 0.6) is 0 Å². The molecule has 23 heavy (non-hydrogen) atoms. The topological polar surface area (TPSA) is 46.4 Å². The molecule has 4 bridgehead atoms. The van der Waals surface area contributed by atoms with E-state index in [-0.39, 0.29) is 11.3 Å². The number of anilines is 1. The van der Waals surface area contributed by atoms with Crippen molar-refractivity contribution in [3.63, 3.8) is 0 Å². The van der Waals surface area contributed by atoms with Gasteiger partial charge in [-0.1, -0.05) is 0 Å². The molecule has 0 radical (unpaired) electrons. The molecule has 0 spiro atoms. The molecule has 4 aliphatic rings. The molecule has 1 N–H and O–H groups in total. The number of fused-ring (bicyclic) bond motifs is 1. The van der Waals surface area contributed by atoms with Gasteiger partial charge in [-0.05, 0) is 75.3 Å². The molecule has 4 aliphatic carbocycles. The second kappa shape index (κ2) is 4.59. The third-order valence-electron chi connectivity index (χ3n) is 6.35. The fraction of sp³-hybridized carbons (Fsp3) is 0.579. The van der Waals surface area contributed by atoms with E-state index >= 15 is 0 Å². The van der Waals surface area contributed by atoms with Crippen LogP contribution in [0.1, 0.15) is 44.2 Å². The Kier molecular flexibility index (Phi) is 2.71. The predicted octanol–water partition coefficient (Wildman–Crippen LogP) is 3.80. The van der Waals surface area contributed by atoms with Gasteiger partial charge in [0.1, 0.15) is 5.65 Å². The van der Waals surface area contributed by atoms with Gasteiger partial charge in [0.15, 0.2) is 0 Å². The smallest absolute Gasteiger partial charge is 0.230 e. The maximum atomic E-state index is 13.1. The van der Waals surface area contributed by atoms with Crippen LogP contribution in [0.15, 0.2) is 24.5 Å². The lowest BCUT2D eigenvalue weighted by Crippen LogP contribution is -2.51. The Morgan fingerprint density at radius 1 is 1.13 bits per heavy atom. The molecule has 0 atom stereocenters. The Morgan fingerprint density at radius 3 is 2.43 bits per heavy atom. The Balaban J connectivity index is 1.41. The third-order valence-corrected chi connectivity index (χ3v) is 6.35. The van der Waals surface area contributed by atoms with E-state index in [1.54, 1.807) is 0 Å². The molecule has 6 rings (SSSR count). The largest absolute Gasteiger partial charge is 0.324 e. The van der Waals surface area contributed by atoms with Crippen molar-refractivity contribution in [3.05, 3.63) is 30.2 Å². The third kappa shape index (κ3) is 2.11. The summed E-state index contributed by atoms with van der Waals surface area (Å²) >= 11 is 0. The van der Waals surface area contributed by atoms with Crippen LogP contribution in [0.25, 0.3) is 5.65 Å². The van der Waals surface area contributed by atoms with E-state index in [4.69, 9.17) is 0 Å². The number of aryl methyl sites for hydroxylation is 1. The Labute approximate surface area is 136 Å². The van der Waals surface area contributed by atoms with E-state index in [1.165, 1.54) is 19.3 Å². The summed E-state index contributed by atoms with van der Waals surface area (Å²) in [5, 5.41) is 3.21. The summed E-state index contributed by atoms with van der Waals surface area (Å²) in [5.41, 5.74) is 2.72. The highest BCUT2D eigenvalue weighted by molar-refractivity contribution is 5.95. The van der Waals surface area contributed by atoms with Gasteiger partial charge in [-0.2, -0.15) is 0 Å². The van der Waals surface area contributed by atoms with Crippen molar-refractivity contribution >= 4 is 17.2 Å². The number of aromatic nitrogens is 2. The lowest BCUT2D eigenvalue weighted by atomic mass is 9.49. The molecule has 4 saturated carbocycles. The van der Waals surface area contributed by atoms with Crippen molar-refractivity contribution in [2.45, 2.75) is 45.4 Å². The molecular formula is C19H23N3O. The van der Waals surface area contributed by atoms with Crippen LogP contribution >= 0.6 is 0 Å². The fourth-order valence-electron chi connectivity index (χ4n) is 5.84. The predicted molar refractivity (Wildman–Crippen MR) is 89.2 cm³/mol. The number of carbonyl (C=O) groups excluding carboxylic acids is 1. The average molecular weight is 309 g/mol. The number of hydrogen-bond donors (Lipinski definition) is 1. The maximum Gasteiger partial charge on any atom is 0.230 e. The van der Waals surface area contributed by atoms with Crippen molar-refractivity contribution in [1.29, 1.82) is 0 Å². The molecule has 2 aromatic heterocycles. The summed E-state index contributed by atoms with van der Waals surface area (Å²) in [4.78, 5) is 17.5. The minimum Gasteiger partial charge on any atom is -0.324 e. The number of amides is 1. The van der Waals surface area contributed by atoms with E-state index in [9.17, 15) is 4.79 Å². The maximum absolute atomic E-state index is 13.1. The summed E-state index contributed by atoms with van der Waals surface area (Å²) < 4.78 is 1.99. The van der Waals surface area contributed by atoms with Crippen molar-refractivity contribution in [2.75, 3.05) is 5.32 Å². The minimum atomic E-state index is -0.0887. The van der Waals surface area contributed by atoms with Crippen molar-refractivity contribution in [3.8, 4) is 0 Å². The van der Waals surface area contributed by atoms with E-state index in [0.29, 0.717) is 0 Å². The van der Waals surface area contributed by atoms with Crippen molar-refractivity contribution in [2.24, 2.45) is 23.2 Å². The van der Waals surface area contributed by atoms with Crippen LogP contribution in [0.3, 0.4) is 0 Å². The van der Waals surface area contributed by atoms with E-state index in [0.717, 1.165) is 54.0 Å². The molecule has 4 fully saturated rings. The number of hydrogen-bond acceptors (Lipinski definition) is 2. The number of pyridine rings is 1. The fourth-order valence-corrected chi connectivity index (χ4v) is 5.84. The van der Waals surface area contributed by atoms with E-state index < -0.39 is 0 Å². The summed E-state index contributed by atoms with van der Waals surface area (Å²) in [6.45, 7) is 1.99. The first-order valence-electron chi connectivity index (χ1n) is 8.86. The highest BCUT2D eigenvalue weighted by atomic mass is 16.2. The normalized spacial score (nSPS) is 34.9. The second-order valence-corrected chi connectivity index (χ2v) is 8.22. The first-order chi connectivity index (χ1) is 11.1. The van der Waals surface area contributed by atoms with Gasteiger partial charge in [0, 0.05) is 12.4 Å². The molecule has 2 heterocycles. The highest BCUT2D eigenvalue weighted by Crippen LogP contribution is 2.60. The number of nitrogens with zero attached hydrogens (tertiary/aromatic N) is 2. The summed E-state index contributed by atoms with van der Waals surface area (Å²) in [6, 6.07) is 3.95. The molecule has 1 amide bonds. The Hall–Kier alpha value is -1.84. The number of imidazole rings is 1. The first kappa shape index (κ1) is 13.6. The van der Waals surface area contributed by atoms with Gasteiger partial charge >= 0.3 is 0 Å². The summed E-state index contributed by atoms with van der Waals surface area (Å²) in [5.74, 6) is 2.65. The molecule has 4 nitrogen and oxygen atoms in total. The van der Waals surface area contributed by atoms with E-state index in [2.05, 4.69) is 10.3 Å². The number of carbonyl (C=O) groups is 1. The number of nitrogens with one attached hydrogen (secondary N) is 1. The van der Waals surface area contributed by atoms with Crippen LogP contribution in [0, 0.1) is 30.1 Å². The van der Waals surface area contributed by atoms with Gasteiger partial charge in [0.25, 0.3) is 0 Å². The van der Waals surface area contributed by atoms with Gasteiger partial charge in [-0.3, -0.25) is 4.79 Å². The van der Waals surface area contributed by atoms with Crippen molar-refractivity contribution < 1.29 is 4.79 Å². The first-order valence-corrected chi connectivity index (χ1v) is 8.86. The standard InChI is InChI=1S/C19H23N3O/c1-12-10-22-11-16(2-3-17(22)20-12)21-18(23)19-7-13-4-14(8-19)6-15(5-13)9-19/h2-3,10-11,13-15H,4-9H2,1H3,(H,21,23). The zero-order chi connectivity index (χ0) is 15.6.